The Morgan fingerprint density at radius 2 is 2.06 bits per heavy atom. The molecule has 1 aliphatic heterocycles. The van der Waals surface area contributed by atoms with Gasteiger partial charge in [-0.3, -0.25) is 4.68 Å². The van der Waals surface area contributed by atoms with Crippen LogP contribution in [-0.4, -0.2) is 39.1 Å². The number of halogens is 3. The van der Waals surface area contributed by atoms with Crippen LogP contribution in [-0.2, 0) is 24.5 Å². The second-order valence-corrected chi connectivity index (χ2v) is 8.08. The third kappa shape index (κ3) is 4.18. The molecule has 33 heavy (non-hydrogen) atoms. The highest BCUT2D eigenvalue weighted by Gasteiger charge is 2.30. The van der Waals surface area contributed by atoms with E-state index in [1.807, 2.05) is 13.1 Å². The van der Waals surface area contributed by atoms with Gasteiger partial charge in [0.25, 0.3) is 0 Å². The standard InChI is InChI=1S/C23H22F3N5O2/c1-13-29-20-17(22(30-13)27-10-14-4-3-5-15(8-14)23(24,25)26)9-19(33-16-6-7-32-12-16)21-18(20)11-28-31(21)2/h3-5,8-9,11,16H,6-7,10,12H2,1-2H3,(H,27,29,30)/t16-/m0/s1. The van der Waals surface area contributed by atoms with Gasteiger partial charge < -0.3 is 14.8 Å². The van der Waals surface area contributed by atoms with Gasteiger partial charge in [-0.25, -0.2) is 9.97 Å². The number of hydrogen-bond acceptors (Lipinski definition) is 6. The molecule has 1 fully saturated rings. The fraction of sp³-hybridized carbons (Fsp3) is 0.348. The summed E-state index contributed by atoms with van der Waals surface area (Å²) in [5, 5.41) is 9.10. The van der Waals surface area contributed by atoms with Crippen molar-refractivity contribution in [1.82, 2.24) is 19.7 Å². The van der Waals surface area contributed by atoms with Crippen LogP contribution in [0.3, 0.4) is 0 Å². The van der Waals surface area contributed by atoms with Gasteiger partial charge in [-0.2, -0.15) is 18.3 Å². The average Bonchev–Trinajstić information content (AvgIpc) is 3.42. The van der Waals surface area contributed by atoms with E-state index < -0.39 is 11.7 Å². The molecule has 0 amide bonds. The summed E-state index contributed by atoms with van der Waals surface area (Å²) in [7, 11) is 1.84. The van der Waals surface area contributed by atoms with Crippen molar-refractivity contribution >= 4 is 27.6 Å². The van der Waals surface area contributed by atoms with Gasteiger partial charge in [0.2, 0.25) is 0 Å². The van der Waals surface area contributed by atoms with Crippen LogP contribution in [0.5, 0.6) is 5.75 Å². The van der Waals surface area contributed by atoms with Crippen molar-refractivity contribution in [3.63, 3.8) is 0 Å². The smallest absolute Gasteiger partial charge is 0.416 e. The summed E-state index contributed by atoms with van der Waals surface area (Å²) in [4.78, 5) is 9.14. The molecule has 2 aromatic heterocycles. The van der Waals surface area contributed by atoms with Crippen LogP contribution in [0.2, 0.25) is 0 Å². The number of benzene rings is 2. The fourth-order valence-corrected chi connectivity index (χ4v) is 4.08. The van der Waals surface area contributed by atoms with E-state index in [4.69, 9.17) is 9.47 Å². The number of anilines is 1. The summed E-state index contributed by atoms with van der Waals surface area (Å²) in [6.07, 6.45) is -1.93. The van der Waals surface area contributed by atoms with Crippen molar-refractivity contribution in [3.05, 3.63) is 53.5 Å². The van der Waals surface area contributed by atoms with Crippen molar-refractivity contribution in [2.45, 2.75) is 32.2 Å². The Balaban J connectivity index is 1.55. The number of alkyl halides is 3. The lowest BCUT2D eigenvalue weighted by molar-refractivity contribution is -0.137. The normalized spacial score (nSPS) is 16.6. The maximum atomic E-state index is 13.1. The molecule has 1 aliphatic rings. The molecule has 4 aromatic rings. The second-order valence-electron chi connectivity index (χ2n) is 8.08. The lowest BCUT2D eigenvalue weighted by atomic mass is 10.1. The van der Waals surface area contributed by atoms with Crippen molar-refractivity contribution in [3.8, 4) is 5.75 Å². The molecule has 2 aromatic carbocycles. The SMILES string of the molecule is Cc1nc(NCc2cccc(C(F)(F)F)c2)c2cc(O[C@H]3CCOC3)c3c(cnn3C)c2n1. The Kier molecular flexibility index (Phi) is 5.32. The maximum Gasteiger partial charge on any atom is 0.416 e. The Bertz CT molecular complexity index is 1330. The van der Waals surface area contributed by atoms with Crippen molar-refractivity contribution in [1.29, 1.82) is 0 Å². The number of rotatable bonds is 5. The van der Waals surface area contributed by atoms with Gasteiger partial charge in [-0.05, 0) is 30.7 Å². The van der Waals surface area contributed by atoms with Gasteiger partial charge in [-0.15, -0.1) is 0 Å². The van der Waals surface area contributed by atoms with Gasteiger partial charge in [-0.1, -0.05) is 12.1 Å². The van der Waals surface area contributed by atoms with Crippen LogP contribution >= 0.6 is 0 Å². The Labute approximate surface area is 187 Å². The topological polar surface area (TPSA) is 74.1 Å². The molecule has 0 radical (unpaired) electrons. The fourth-order valence-electron chi connectivity index (χ4n) is 4.08. The summed E-state index contributed by atoms with van der Waals surface area (Å²) in [6.45, 7) is 3.12. The quantitative estimate of drug-likeness (QED) is 0.471. The molecule has 10 heteroatoms. The first kappa shape index (κ1) is 21.4. The molecule has 1 N–H and O–H groups in total. The largest absolute Gasteiger partial charge is 0.486 e. The first-order valence-electron chi connectivity index (χ1n) is 10.6. The lowest BCUT2D eigenvalue weighted by Crippen LogP contribution is -2.16. The number of fused-ring (bicyclic) bond motifs is 3. The minimum absolute atomic E-state index is 0.0616. The molecule has 1 saturated heterocycles. The predicted molar refractivity (Wildman–Crippen MR) is 117 cm³/mol. The van der Waals surface area contributed by atoms with E-state index in [2.05, 4.69) is 20.4 Å². The summed E-state index contributed by atoms with van der Waals surface area (Å²) < 4.78 is 52.7. The van der Waals surface area contributed by atoms with Gasteiger partial charge in [0, 0.05) is 25.4 Å². The van der Waals surface area contributed by atoms with E-state index in [0.717, 1.165) is 29.5 Å². The van der Waals surface area contributed by atoms with Crippen LogP contribution < -0.4 is 10.1 Å². The molecule has 0 spiro atoms. The van der Waals surface area contributed by atoms with Crippen LogP contribution in [0.25, 0.3) is 21.8 Å². The third-order valence-corrected chi connectivity index (χ3v) is 5.66. The first-order chi connectivity index (χ1) is 15.8. The van der Waals surface area contributed by atoms with E-state index in [1.165, 1.54) is 6.07 Å². The lowest BCUT2D eigenvalue weighted by Gasteiger charge is -2.16. The van der Waals surface area contributed by atoms with Gasteiger partial charge in [0.05, 0.1) is 35.9 Å². The first-order valence-corrected chi connectivity index (χ1v) is 10.6. The molecule has 5 rings (SSSR count). The zero-order valence-electron chi connectivity index (χ0n) is 18.1. The predicted octanol–water partition coefficient (Wildman–Crippen LogP) is 4.62. The number of nitrogens with one attached hydrogen (secondary N) is 1. The summed E-state index contributed by atoms with van der Waals surface area (Å²) in [6, 6.07) is 7.11. The van der Waals surface area contributed by atoms with Gasteiger partial charge >= 0.3 is 6.18 Å². The van der Waals surface area contributed by atoms with Gasteiger partial charge in [0.15, 0.2) is 0 Å². The highest BCUT2D eigenvalue weighted by molar-refractivity contribution is 6.10. The minimum atomic E-state index is -4.39. The van der Waals surface area contributed by atoms with Crippen molar-refractivity contribution in [2.24, 2.45) is 7.05 Å². The third-order valence-electron chi connectivity index (χ3n) is 5.66. The number of aryl methyl sites for hydroxylation is 2. The highest BCUT2D eigenvalue weighted by atomic mass is 19.4. The van der Waals surface area contributed by atoms with E-state index in [0.29, 0.717) is 47.1 Å². The van der Waals surface area contributed by atoms with E-state index in [1.54, 1.807) is 23.9 Å². The second kappa shape index (κ2) is 8.18. The Morgan fingerprint density at radius 1 is 1.21 bits per heavy atom. The monoisotopic (exact) mass is 457 g/mol. The average molecular weight is 457 g/mol. The molecule has 172 valence electrons. The number of nitrogens with zero attached hydrogens (tertiary/aromatic N) is 4. The van der Waals surface area contributed by atoms with E-state index in [9.17, 15) is 13.2 Å². The van der Waals surface area contributed by atoms with E-state index in [-0.39, 0.29) is 12.6 Å². The summed E-state index contributed by atoms with van der Waals surface area (Å²) >= 11 is 0. The number of hydrogen-bond donors (Lipinski definition) is 1. The summed E-state index contributed by atoms with van der Waals surface area (Å²) in [5.74, 6) is 1.70. The van der Waals surface area contributed by atoms with Crippen LogP contribution in [0.1, 0.15) is 23.4 Å². The van der Waals surface area contributed by atoms with Crippen LogP contribution in [0.4, 0.5) is 19.0 Å². The Hall–Kier alpha value is -3.40. The van der Waals surface area contributed by atoms with Crippen molar-refractivity contribution in [2.75, 3.05) is 18.5 Å². The number of ether oxygens (including phenoxy) is 2. The zero-order valence-corrected chi connectivity index (χ0v) is 18.1. The summed E-state index contributed by atoms with van der Waals surface area (Å²) in [5.41, 5.74) is 1.33. The minimum Gasteiger partial charge on any atom is -0.486 e. The molecule has 0 aliphatic carbocycles. The highest BCUT2D eigenvalue weighted by Crippen LogP contribution is 2.36. The molecule has 7 nitrogen and oxygen atoms in total. The number of aromatic nitrogens is 4. The molecule has 3 heterocycles. The van der Waals surface area contributed by atoms with Crippen LogP contribution in [0, 0.1) is 6.92 Å². The molecule has 0 unspecified atom stereocenters. The molecule has 1 atom stereocenters. The molecule has 0 saturated carbocycles. The molecular formula is C23H22F3N5O2. The van der Waals surface area contributed by atoms with E-state index >= 15 is 0 Å². The molecule has 0 bridgehead atoms. The van der Waals surface area contributed by atoms with Crippen LogP contribution in [0.15, 0.2) is 36.5 Å². The molecular weight excluding hydrogens is 435 g/mol. The van der Waals surface area contributed by atoms with Gasteiger partial charge in [0.1, 0.15) is 29.0 Å². The zero-order chi connectivity index (χ0) is 23.2. The van der Waals surface area contributed by atoms with Crippen molar-refractivity contribution < 1.29 is 22.6 Å². The maximum absolute atomic E-state index is 13.1. The Morgan fingerprint density at radius 3 is 2.82 bits per heavy atom.